The largest absolute Gasteiger partial charge is 0.490 e. The van der Waals surface area contributed by atoms with Crippen LogP contribution in [0.3, 0.4) is 0 Å². The highest BCUT2D eigenvalue weighted by Crippen LogP contribution is 2.28. The minimum absolute atomic E-state index is 0. The second kappa shape index (κ2) is 11.8. The van der Waals surface area contributed by atoms with Gasteiger partial charge in [0.05, 0.1) is 6.61 Å². The van der Waals surface area contributed by atoms with Crippen LogP contribution in [0.4, 0.5) is 0 Å². The van der Waals surface area contributed by atoms with Gasteiger partial charge in [-0.15, -0.1) is 12.4 Å². The third kappa shape index (κ3) is 7.46. The maximum absolute atomic E-state index is 12.0. The highest BCUT2D eigenvalue weighted by atomic mass is 35.5. The molecule has 7 heteroatoms. The van der Waals surface area contributed by atoms with Crippen LogP contribution in [0.5, 0.6) is 11.5 Å². The van der Waals surface area contributed by atoms with E-state index in [0.29, 0.717) is 18.1 Å². The second-order valence-electron chi connectivity index (χ2n) is 8.59. The molecule has 3 N–H and O–H groups in total. The molecule has 3 aromatic rings. The summed E-state index contributed by atoms with van der Waals surface area (Å²) in [6.45, 7) is 9.85. The third-order valence-corrected chi connectivity index (χ3v) is 4.76. The number of para-hydroxylation sites is 1. The Morgan fingerprint density at radius 3 is 2.59 bits per heavy atom. The van der Waals surface area contributed by atoms with Crippen molar-refractivity contribution in [3.63, 3.8) is 0 Å². The van der Waals surface area contributed by atoms with Gasteiger partial charge in [0.1, 0.15) is 0 Å². The van der Waals surface area contributed by atoms with Crippen LogP contribution >= 0.6 is 12.4 Å². The molecule has 0 aliphatic carbocycles. The molecule has 0 saturated heterocycles. The first-order chi connectivity index (χ1) is 14.9. The fourth-order valence-electron chi connectivity index (χ4n) is 3.44. The Bertz CT molecular complexity index is 1010. The number of ether oxygens (including phenoxy) is 2. The summed E-state index contributed by atoms with van der Waals surface area (Å²) in [5, 5.41) is 7.66. The van der Waals surface area contributed by atoms with E-state index in [0.717, 1.165) is 25.1 Å². The number of benzene rings is 2. The average molecular weight is 460 g/mol. The zero-order chi connectivity index (χ0) is 22.3. The first-order valence-corrected chi connectivity index (χ1v) is 10.8. The summed E-state index contributed by atoms with van der Waals surface area (Å²) in [6, 6.07) is 14.2. The number of aromatic nitrogens is 1. The van der Waals surface area contributed by atoms with Gasteiger partial charge in [-0.1, -0.05) is 24.3 Å². The molecule has 2 aromatic carbocycles. The first kappa shape index (κ1) is 25.6. The summed E-state index contributed by atoms with van der Waals surface area (Å²) in [6.07, 6.45) is 3.04. The van der Waals surface area contributed by atoms with E-state index in [-0.39, 0.29) is 30.5 Å². The molecule has 6 nitrogen and oxygen atoms in total. The molecule has 1 heterocycles. The molecule has 0 spiro atoms. The van der Waals surface area contributed by atoms with Crippen molar-refractivity contribution in [2.45, 2.75) is 46.2 Å². The van der Waals surface area contributed by atoms with Crippen molar-refractivity contribution in [3.8, 4) is 11.5 Å². The maximum Gasteiger partial charge on any atom is 0.258 e. The lowest BCUT2D eigenvalue weighted by Crippen LogP contribution is -2.43. The van der Waals surface area contributed by atoms with Crippen LogP contribution in [0.25, 0.3) is 10.9 Å². The Kier molecular flexibility index (Phi) is 9.42. The SMILES string of the molecule is CCOc1cc(CNCCc2c[nH]c3ccccc23)ccc1OCC(=O)NC(C)(C)C.Cl. The predicted octanol–water partition coefficient (Wildman–Crippen LogP) is 4.61. The molecule has 0 aliphatic heterocycles. The molecule has 3 rings (SSSR count). The Morgan fingerprint density at radius 2 is 1.84 bits per heavy atom. The Balaban J connectivity index is 0.00000363. The van der Waals surface area contributed by atoms with Gasteiger partial charge < -0.3 is 25.1 Å². The van der Waals surface area contributed by atoms with Crippen LogP contribution in [0.2, 0.25) is 0 Å². The monoisotopic (exact) mass is 459 g/mol. The van der Waals surface area contributed by atoms with E-state index in [9.17, 15) is 4.79 Å². The maximum atomic E-state index is 12.0. The fraction of sp³-hybridized carbons (Fsp3) is 0.400. The molecular weight excluding hydrogens is 426 g/mol. The molecule has 174 valence electrons. The number of H-pyrrole nitrogens is 1. The van der Waals surface area contributed by atoms with Gasteiger partial charge in [0.15, 0.2) is 18.1 Å². The summed E-state index contributed by atoms with van der Waals surface area (Å²) >= 11 is 0. The lowest BCUT2D eigenvalue weighted by molar-refractivity contribution is -0.124. The number of rotatable bonds is 10. The van der Waals surface area contributed by atoms with E-state index >= 15 is 0 Å². The van der Waals surface area contributed by atoms with Crippen LogP contribution in [0.15, 0.2) is 48.7 Å². The molecule has 0 unspecified atom stereocenters. The minimum atomic E-state index is -0.286. The number of halogens is 1. The average Bonchev–Trinajstić information content (AvgIpc) is 3.13. The summed E-state index contributed by atoms with van der Waals surface area (Å²) in [4.78, 5) is 15.4. The van der Waals surface area contributed by atoms with Crippen molar-refractivity contribution in [3.05, 3.63) is 59.8 Å². The Hall–Kier alpha value is -2.70. The second-order valence-corrected chi connectivity index (χ2v) is 8.59. The number of hydrogen-bond acceptors (Lipinski definition) is 4. The molecular formula is C25H34ClN3O3. The van der Waals surface area contributed by atoms with Gasteiger partial charge >= 0.3 is 0 Å². The molecule has 0 aliphatic rings. The zero-order valence-corrected chi connectivity index (χ0v) is 20.1. The van der Waals surface area contributed by atoms with E-state index in [4.69, 9.17) is 9.47 Å². The lowest BCUT2D eigenvalue weighted by Gasteiger charge is -2.21. The van der Waals surface area contributed by atoms with Gasteiger partial charge in [-0.2, -0.15) is 0 Å². The number of amides is 1. The highest BCUT2D eigenvalue weighted by Gasteiger charge is 2.15. The molecule has 0 bridgehead atoms. The van der Waals surface area contributed by atoms with Crippen molar-refractivity contribution in [2.24, 2.45) is 0 Å². The molecule has 0 atom stereocenters. The quantitative estimate of drug-likeness (QED) is 0.387. The van der Waals surface area contributed by atoms with E-state index in [1.165, 1.54) is 16.5 Å². The summed E-state index contributed by atoms with van der Waals surface area (Å²) in [5.41, 5.74) is 3.31. The van der Waals surface area contributed by atoms with Crippen molar-refractivity contribution in [1.29, 1.82) is 0 Å². The van der Waals surface area contributed by atoms with Gasteiger partial charge in [0.2, 0.25) is 0 Å². The number of carbonyl (C=O) groups is 1. The van der Waals surface area contributed by atoms with Crippen molar-refractivity contribution in [1.82, 2.24) is 15.6 Å². The normalized spacial score (nSPS) is 11.1. The van der Waals surface area contributed by atoms with Crippen LogP contribution in [-0.4, -0.2) is 36.2 Å². The van der Waals surface area contributed by atoms with Gasteiger partial charge in [0.25, 0.3) is 5.91 Å². The smallest absolute Gasteiger partial charge is 0.258 e. The van der Waals surface area contributed by atoms with Gasteiger partial charge in [0, 0.05) is 29.2 Å². The van der Waals surface area contributed by atoms with Crippen LogP contribution < -0.4 is 20.1 Å². The van der Waals surface area contributed by atoms with Gasteiger partial charge in [-0.3, -0.25) is 4.79 Å². The van der Waals surface area contributed by atoms with E-state index in [2.05, 4.69) is 40.0 Å². The van der Waals surface area contributed by atoms with Crippen molar-refractivity contribution >= 4 is 29.2 Å². The zero-order valence-electron chi connectivity index (χ0n) is 19.3. The van der Waals surface area contributed by atoms with E-state index < -0.39 is 0 Å². The first-order valence-electron chi connectivity index (χ1n) is 10.8. The molecule has 1 amide bonds. The summed E-state index contributed by atoms with van der Waals surface area (Å²) in [5.74, 6) is 1.08. The molecule has 0 radical (unpaired) electrons. The summed E-state index contributed by atoms with van der Waals surface area (Å²) in [7, 11) is 0. The van der Waals surface area contributed by atoms with E-state index in [1.807, 2.05) is 52.0 Å². The highest BCUT2D eigenvalue weighted by molar-refractivity contribution is 5.85. The van der Waals surface area contributed by atoms with Crippen molar-refractivity contribution < 1.29 is 14.3 Å². The summed E-state index contributed by atoms with van der Waals surface area (Å²) < 4.78 is 11.4. The van der Waals surface area contributed by atoms with Crippen LogP contribution in [0.1, 0.15) is 38.8 Å². The van der Waals surface area contributed by atoms with Gasteiger partial charge in [-0.25, -0.2) is 0 Å². The van der Waals surface area contributed by atoms with Crippen LogP contribution in [0, 0.1) is 0 Å². The standard InChI is InChI=1S/C25H33N3O3.ClH/c1-5-30-23-14-18(10-11-22(23)31-17-24(29)28-25(2,3)4)15-26-13-12-19-16-27-21-9-7-6-8-20(19)21;/h6-11,14,16,26-27H,5,12-13,15,17H2,1-4H3,(H,28,29);1H. The topological polar surface area (TPSA) is 75.4 Å². The lowest BCUT2D eigenvalue weighted by atomic mass is 10.1. The third-order valence-electron chi connectivity index (χ3n) is 4.76. The molecule has 0 fully saturated rings. The van der Waals surface area contributed by atoms with Crippen LogP contribution in [-0.2, 0) is 17.8 Å². The van der Waals surface area contributed by atoms with Crippen molar-refractivity contribution in [2.75, 3.05) is 19.8 Å². The van der Waals surface area contributed by atoms with Gasteiger partial charge in [-0.05, 0) is 70.0 Å². The molecule has 0 saturated carbocycles. The number of fused-ring (bicyclic) bond motifs is 1. The fourth-order valence-corrected chi connectivity index (χ4v) is 3.44. The minimum Gasteiger partial charge on any atom is -0.490 e. The Morgan fingerprint density at radius 1 is 1.06 bits per heavy atom. The number of aromatic amines is 1. The number of carbonyl (C=O) groups excluding carboxylic acids is 1. The number of nitrogens with one attached hydrogen (secondary N) is 3. The number of hydrogen-bond donors (Lipinski definition) is 3. The Labute approximate surface area is 196 Å². The molecule has 1 aromatic heterocycles. The predicted molar refractivity (Wildman–Crippen MR) is 132 cm³/mol. The molecule has 32 heavy (non-hydrogen) atoms. The van der Waals surface area contributed by atoms with E-state index in [1.54, 1.807) is 0 Å².